The van der Waals surface area contributed by atoms with Crippen molar-refractivity contribution in [2.45, 2.75) is 6.18 Å². The van der Waals surface area contributed by atoms with E-state index in [2.05, 4.69) is 4.98 Å². The van der Waals surface area contributed by atoms with Crippen LogP contribution in [0.4, 0.5) is 17.6 Å². The number of hydrogen-bond acceptors (Lipinski definition) is 1. The van der Waals surface area contributed by atoms with Crippen LogP contribution in [-0.2, 0) is 6.18 Å². The number of pyridine rings is 1. The number of aromatic nitrogens is 1. The smallest absolute Gasteiger partial charge is 0.249 e. The minimum atomic E-state index is -4.90. The van der Waals surface area contributed by atoms with E-state index in [0.29, 0.717) is 0 Å². The second-order valence-corrected chi connectivity index (χ2v) is 4.99. The Bertz CT molecular complexity index is 670. The predicted molar refractivity (Wildman–Crippen MR) is 69.7 cm³/mol. The van der Waals surface area contributed by atoms with Crippen LogP contribution in [-0.4, -0.2) is 4.98 Å². The lowest BCUT2D eigenvalue weighted by Gasteiger charge is -2.12. The molecule has 1 aromatic carbocycles. The van der Waals surface area contributed by atoms with Crippen LogP contribution in [0, 0.1) is 5.82 Å². The van der Waals surface area contributed by atoms with Gasteiger partial charge in [0.25, 0.3) is 0 Å². The van der Waals surface area contributed by atoms with Gasteiger partial charge in [-0.05, 0) is 18.2 Å². The number of hydrogen-bond donors (Lipinski definition) is 0. The second-order valence-electron chi connectivity index (χ2n) is 3.77. The maximum atomic E-state index is 13.9. The summed E-state index contributed by atoms with van der Waals surface area (Å²) in [5.41, 5.74) is -1.96. The summed E-state index contributed by atoms with van der Waals surface area (Å²) in [6.45, 7) is 0. The molecule has 0 aliphatic rings. The van der Waals surface area contributed by atoms with E-state index in [-0.39, 0.29) is 26.2 Å². The zero-order chi connectivity index (χ0) is 15.1. The van der Waals surface area contributed by atoms with Crippen LogP contribution in [0.15, 0.2) is 24.4 Å². The molecule has 0 N–H and O–H groups in total. The summed E-state index contributed by atoms with van der Waals surface area (Å²) in [5, 5.41) is 0.152. The van der Waals surface area contributed by atoms with E-state index >= 15 is 0 Å². The third-order valence-corrected chi connectivity index (χ3v) is 3.49. The number of rotatable bonds is 1. The first kappa shape index (κ1) is 15.4. The van der Waals surface area contributed by atoms with Crippen molar-refractivity contribution in [3.05, 3.63) is 51.0 Å². The molecule has 0 aliphatic heterocycles. The largest absolute Gasteiger partial charge is 0.436 e. The quantitative estimate of drug-likeness (QED) is 0.466. The third-order valence-electron chi connectivity index (χ3n) is 2.46. The summed E-state index contributed by atoms with van der Waals surface area (Å²) in [6.07, 6.45) is -4.05. The van der Waals surface area contributed by atoms with Gasteiger partial charge < -0.3 is 0 Å². The van der Waals surface area contributed by atoms with Crippen molar-refractivity contribution >= 4 is 34.8 Å². The van der Waals surface area contributed by atoms with Crippen molar-refractivity contribution in [1.29, 1.82) is 0 Å². The molecular formula is C12H4Cl3F4N. The normalized spacial score (nSPS) is 11.8. The lowest BCUT2D eigenvalue weighted by atomic mass is 10.0. The van der Waals surface area contributed by atoms with Crippen molar-refractivity contribution in [2.75, 3.05) is 0 Å². The van der Waals surface area contributed by atoms with Crippen LogP contribution in [0.1, 0.15) is 5.69 Å². The molecule has 2 aromatic rings. The standard InChI is InChI=1S/C12H4Cl3F4N/c13-7-4-9(15)8(14)3-6(7)5-1-2-20-11(10(5)16)12(17,18)19/h1-4H. The van der Waals surface area contributed by atoms with E-state index in [4.69, 9.17) is 34.8 Å². The average molecular weight is 345 g/mol. The van der Waals surface area contributed by atoms with Gasteiger partial charge in [-0.1, -0.05) is 34.8 Å². The van der Waals surface area contributed by atoms with Crippen LogP contribution in [0.2, 0.25) is 15.1 Å². The van der Waals surface area contributed by atoms with Gasteiger partial charge >= 0.3 is 6.18 Å². The summed E-state index contributed by atoms with van der Waals surface area (Å²) < 4.78 is 51.8. The number of nitrogens with zero attached hydrogens (tertiary/aromatic N) is 1. The molecule has 0 bridgehead atoms. The third kappa shape index (κ3) is 2.85. The van der Waals surface area contributed by atoms with Gasteiger partial charge in [-0.15, -0.1) is 0 Å². The highest BCUT2D eigenvalue weighted by molar-refractivity contribution is 6.44. The highest BCUT2D eigenvalue weighted by atomic mass is 35.5. The lowest BCUT2D eigenvalue weighted by Crippen LogP contribution is -2.11. The van der Waals surface area contributed by atoms with Crippen LogP contribution >= 0.6 is 34.8 Å². The van der Waals surface area contributed by atoms with Crippen molar-refractivity contribution in [2.24, 2.45) is 0 Å². The Labute approximate surface area is 126 Å². The molecule has 20 heavy (non-hydrogen) atoms. The first-order valence-electron chi connectivity index (χ1n) is 5.08. The van der Waals surface area contributed by atoms with Gasteiger partial charge in [0.05, 0.1) is 15.1 Å². The van der Waals surface area contributed by atoms with Crippen LogP contribution < -0.4 is 0 Å². The summed E-state index contributed by atoms with van der Waals surface area (Å²) in [7, 11) is 0. The maximum Gasteiger partial charge on any atom is 0.436 e. The molecule has 0 saturated heterocycles. The van der Waals surface area contributed by atoms with E-state index in [1.807, 2.05) is 0 Å². The van der Waals surface area contributed by atoms with Crippen molar-refractivity contribution in [3.8, 4) is 11.1 Å². The minimum absolute atomic E-state index is 0.00599. The van der Waals surface area contributed by atoms with Gasteiger partial charge in [-0.3, -0.25) is 0 Å². The molecule has 0 radical (unpaired) electrons. The molecule has 0 amide bonds. The van der Waals surface area contributed by atoms with E-state index in [0.717, 1.165) is 12.3 Å². The molecule has 0 saturated carbocycles. The van der Waals surface area contributed by atoms with Crippen LogP contribution in [0.5, 0.6) is 0 Å². The molecule has 0 fully saturated rings. The van der Waals surface area contributed by atoms with Gasteiger partial charge in [-0.25, -0.2) is 9.37 Å². The molecule has 8 heteroatoms. The molecule has 2 rings (SSSR count). The average Bonchev–Trinajstić information content (AvgIpc) is 2.33. The van der Waals surface area contributed by atoms with E-state index in [1.165, 1.54) is 12.1 Å². The zero-order valence-electron chi connectivity index (χ0n) is 9.40. The van der Waals surface area contributed by atoms with E-state index < -0.39 is 17.7 Å². The second kappa shape index (κ2) is 5.39. The molecule has 106 valence electrons. The monoisotopic (exact) mass is 343 g/mol. The highest BCUT2D eigenvalue weighted by Gasteiger charge is 2.37. The Balaban J connectivity index is 2.69. The Morgan fingerprint density at radius 3 is 2.10 bits per heavy atom. The first-order valence-corrected chi connectivity index (χ1v) is 6.22. The van der Waals surface area contributed by atoms with Gasteiger partial charge in [0, 0.05) is 17.3 Å². The van der Waals surface area contributed by atoms with E-state index in [9.17, 15) is 17.6 Å². The van der Waals surface area contributed by atoms with Gasteiger partial charge in [-0.2, -0.15) is 13.2 Å². The van der Waals surface area contributed by atoms with Crippen LogP contribution in [0.25, 0.3) is 11.1 Å². The summed E-state index contributed by atoms with van der Waals surface area (Å²) in [5.74, 6) is -1.51. The number of halogens is 7. The first-order chi connectivity index (χ1) is 9.21. The van der Waals surface area contributed by atoms with Crippen molar-refractivity contribution in [3.63, 3.8) is 0 Å². The Kier molecular flexibility index (Phi) is 4.14. The van der Waals surface area contributed by atoms with Crippen LogP contribution in [0.3, 0.4) is 0 Å². The highest BCUT2D eigenvalue weighted by Crippen LogP contribution is 2.39. The molecular weight excluding hydrogens is 340 g/mol. The molecule has 1 heterocycles. The van der Waals surface area contributed by atoms with Crippen molar-refractivity contribution in [1.82, 2.24) is 4.98 Å². The Morgan fingerprint density at radius 2 is 1.50 bits per heavy atom. The Morgan fingerprint density at radius 1 is 0.900 bits per heavy atom. The fraction of sp³-hybridized carbons (Fsp3) is 0.0833. The molecule has 0 unspecified atom stereocenters. The molecule has 0 spiro atoms. The molecule has 1 nitrogen and oxygen atoms in total. The summed E-state index contributed by atoms with van der Waals surface area (Å²) in [6, 6.07) is 3.51. The van der Waals surface area contributed by atoms with Gasteiger partial charge in [0.1, 0.15) is 0 Å². The SMILES string of the molecule is Fc1c(-c2cc(Cl)c(Cl)cc2Cl)ccnc1C(F)(F)F. The molecule has 0 atom stereocenters. The zero-order valence-corrected chi connectivity index (χ0v) is 11.7. The van der Waals surface area contributed by atoms with E-state index in [1.54, 1.807) is 0 Å². The van der Waals surface area contributed by atoms with Gasteiger partial charge in [0.15, 0.2) is 11.5 Å². The molecule has 0 aliphatic carbocycles. The lowest BCUT2D eigenvalue weighted by molar-refractivity contribution is -0.143. The predicted octanol–water partition coefficient (Wildman–Crippen LogP) is 5.87. The number of alkyl halides is 3. The minimum Gasteiger partial charge on any atom is -0.249 e. The topological polar surface area (TPSA) is 12.9 Å². The summed E-state index contributed by atoms with van der Waals surface area (Å²) >= 11 is 17.3. The van der Waals surface area contributed by atoms with Gasteiger partial charge in [0.2, 0.25) is 0 Å². The Hall–Kier alpha value is -1.04. The summed E-state index contributed by atoms with van der Waals surface area (Å²) in [4.78, 5) is 3.00. The molecule has 1 aromatic heterocycles. The fourth-order valence-corrected chi connectivity index (χ4v) is 2.23. The number of benzene rings is 1. The fourth-order valence-electron chi connectivity index (χ4n) is 1.58. The maximum absolute atomic E-state index is 13.9. The van der Waals surface area contributed by atoms with Crippen molar-refractivity contribution < 1.29 is 17.6 Å².